The van der Waals surface area contributed by atoms with E-state index in [1.54, 1.807) is 24.3 Å². The first-order chi connectivity index (χ1) is 12.1. The number of halogens is 1. The molecule has 0 bridgehead atoms. The highest BCUT2D eigenvalue weighted by atomic mass is 35.5. The standard InChI is InChI=1S/C20H24ClN3O2/c1-13(25)14-7-6-8-15(11-14)20(2,3)23-19(26)22-16-9-10-17(21)18(12-16)24(4)5/h6-12H,1-5H3,(H2,22,23,26). The van der Waals surface area contributed by atoms with Crippen molar-refractivity contribution in [1.29, 1.82) is 0 Å². The molecule has 0 aliphatic heterocycles. The van der Waals surface area contributed by atoms with Gasteiger partial charge in [-0.1, -0.05) is 29.8 Å². The van der Waals surface area contributed by atoms with Crippen molar-refractivity contribution < 1.29 is 9.59 Å². The first-order valence-corrected chi connectivity index (χ1v) is 8.65. The molecule has 2 aromatic rings. The van der Waals surface area contributed by atoms with Crippen LogP contribution in [0.3, 0.4) is 0 Å². The highest BCUT2D eigenvalue weighted by molar-refractivity contribution is 6.33. The van der Waals surface area contributed by atoms with Crippen LogP contribution in [0.5, 0.6) is 0 Å². The number of nitrogens with zero attached hydrogens (tertiary/aromatic N) is 1. The Balaban J connectivity index is 2.15. The van der Waals surface area contributed by atoms with E-state index in [1.165, 1.54) is 6.92 Å². The molecule has 6 heteroatoms. The zero-order valence-electron chi connectivity index (χ0n) is 15.7. The molecule has 2 amide bonds. The van der Waals surface area contributed by atoms with Gasteiger partial charge in [-0.05, 0) is 50.6 Å². The molecule has 0 aromatic heterocycles. The summed E-state index contributed by atoms with van der Waals surface area (Å²) >= 11 is 6.16. The molecular weight excluding hydrogens is 350 g/mol. The maximum atomic E-state index is 12.5. The molecule has 2 rings (SSSR count). The van der Waals surface area contributed by atoms with Crippen LogP contribution < -0.4 is 15.5 Å². The molecule has 0 radical (unpaired) electrons. The van der Waals surface area contributed by atoms with Crippen molar-refractivity contribution in [2.75, 3.05) is 24.3 Å². The molecule has 0 unspecified atom stereocenters. The van der Waals surface area contributed by atoms with Gasteiger partial charge in [-0.3, -0.25) is 4.79 Å². The van der Waals surface area contributed by atoms with E-state index in [9.17, 15) is 9.59 Å². The second kappa shape index (κ2) is 7.79. The van der Waals surface area contributed by atoms with Gasteiger partial charge in [-0.25, -0.2) is 4.79 Å². The second-order valence-corrected chi connectivity index (χ2v) is 7.31. The number of Topliss-reactive ketones (excluding diaryl/α,β-unsaturated/α-hetero) is 1. The van der Waals surface area contributed by atoms with Crippen molar-refractivity contribution in [2.45, 2.75) is 26.3 Å². The second-order valence-electron chi connectivity index (χ2n) is 6.90. The molecule has 5 nitrogen and oxygen atoms in total. The number of amides is 2. The number of anilines is 2. The van der Waals surface area contributed by atoms with Gasteiger partial charge in [0.25, 0.3) is 0 Å². The highest BCUT2D eigenvalue weighted by Gasteiger charge is 2.23. The van der Waals surface area contributed by atoms with Crippen molar-refractivity contribution in [3.05, 3.63) is 58.6 Å². The SMILES string of the molecule is CC(=O)c1cccc(C(C)(C)NC(=O)Nc2ccc(Cl)c(N(C)C)c2)c1. The number of hydrogen-bond donors (Lipinski definition) is 2. The van der Waals surface area contributed by atoms with Crippen LogP contribution in [0.2, 0.25) is 5.02 Å². The first-order valence-electron chi connectivity index (χ1n) is 8.27. The number of hydrogen-bond acceptors (Lipinski definition) is 3. The number of carbonyl (C=O) groups is 2. The summed E-state index contributed by atoms with van der Waals surface area (Å²) in [5.41, 5.74) is 2.28. The summed E-state index contributed by atoms with van der Waals surface area (Å²) in [5.74, 6) is -0.00974. The quantitative estimate of drug-likeness (QED) is 0.749. The number of nitrogens with one attached hydrogen (secondary N) is 2. The van der Waals surface area contributed by atoms with Crippen LogP contribution in [0, 0.1) is 0 Å². The number of urea groups is 1. The largest absolute Gasteiger partial charge is 0.376 e. The summed E-state index contributed by atoms with van der Waals surface area (Å²) in [6, 6.07) is 12.2. The summed E-state index contributed by atoms with van der Waals surface area (Å²) in [6.45, 7) is 5.30. The van der Waals surface area contributed by atoms with E-state index in [-0.39, 0.29) is 11.8 Å². The molecule has 0 saturated carbocycles. The van der Waals surface area contributed by atoms with Gasteiger partial charge < -0.3 is 15.5 Å². The molecule has 26 heavy (non-hydrogen) atoms. The van der Waals surface area contributed by atoms with Crippen LogP contribution in [-0.2, 0) is 5.54 Å². The minimum absolute atomic E-state index is 0.00974. The van der Waals surface area contributed by atoms with Gasteiger partial charge in [0, 0.05) is 25.3 Å². The van der Waals surface area contributed by atoms with Gasteiger partial charge in [0.05, 0.1) is 16.2 Å². The Hall–Kier alpha value is -2.53. The normalized spacial score (nSPS) is 11.0. The maximum Gasteiger partial charge on any atom is 0.319 e. The summed E-state index contributed by atoms with van der Waals surface area (Å²) in [6.07, 6.45) is 0. The van der Waals surface area contributed by atoms with Crippen molar-refractivity contribution in [1.82, 2.24) is 5.32 Å². The Morgan fingerprint density at radius 1 is 1.08 bits per heavy atom. The zero-order valence-corrected chi connectivity index (χ0v) is 16.4. The van der Waals surface area contributed by atoms with Crippen molar-refractivity contribution in [3.63, 3.8) is 0 Å². The summed E-state index contributed by atoms with van der Waals surface area (Å²) in [7, 11) is 3.77. The van der Waals surface area contributed by atoms with Gasteiger partial charge in [0.1, 0.15) is 0 Å². The summed E-state index contributed by atoms with van der Waals surface area (Å²) < 4.78 is 0. The summed E-state index contributed by atoms with van der Waals surface area (Å²) in [4.78, 5) is 25.9. The topological polar surface area (TPSA) is 61.4 Å². The Bertz CT molecular complexity index is 832. The van der Waals surface area contributed by atoms with E-state index in [1.807, 2.05) is 51.0 Å². The van der Waals surface area contributed by atoms with E-state index in [0.29, 0.717) is 16.3 Å². The van der Waals surface area contributed by atoms with Crippen LogP contribution in [0.4, 0.5) is 16.2 Å². The van der Waals surface area contributed by atoms with E-state index in [4.69, 9.17) is 11.6 Å². The average Bonchev–Trinajstić information content (AvgIpc) is 2.56. The maximum absolute atomic E-state index is 12.5. The van der Waals surface area contributed by atoms with Crippen molar-refractivity contribution in [2.24, 2.45) is 0 Å². The fraction of sp³-hybridized carbons (Fsp3) is 0.300. The lowest BCUT2D eigenvalue weighted by atomic mass is 9.92. The average molecular weight is 374 g/mol. The monoisotopic (exact) mass is 373 g/mol. The van der Waals surface area contributed by atoms with Gasteiger partial charge >= 0.3 is 6.03 Å². The van der Waals surface area contributed by atoms with Crippen LogP contribution in [0.25, 0.3) is 0 Å². The molecule has 2 N–H and O–H groups in total. The van der Waals surface area contributed by atoms with Gasteiger partial charge in [0.2, 0.25) is 0 Å². The van der Waals surface area contributed by atoms with Crippen molar-refractivity contribution >= 4 is 34.8 Å². The van der Waals surface area contributed by atoms with Crippen LogP contribution in [0.15, 0.2) is 42.5 Å². The molecule has 0 heterocycles. The third-order valence-electron chi connectivity index (χ3n) is 4.10. The predicted octanol–water partition coefficient (Wildman–Crippen LogP) is 4.67. The lowest BCUT2D eigenvalue weighted by molar-refractivity contribution is 0.101. The van der Waals surface area contributed by atoms with Gasteiger partial charge in [-0.15, -0.1) is 0 Å². The fourth-order valence-electron chi connectivity index (χ4n) is 2.58. The number of ketones is 1. The molecule has 138 valence electrons. The lowest BCUT2D eigenvalue weighted by Gasteiger charge is -2.27. The highest BCUT2D eigenvalue weighted by Crippen LogP contribution is 2.28. The van der Waals surface area contributed by atoms with E-state index >= 15 is 0 Å². The Morgan fingerprint density at radius 2 is 1.77 bits per heavy atom. The van der Waals surface area contributed by atoms with Gasteiger partial charge in [0.15, 0.2) is 5.78 Å². The summed E-state index contributed by atoms with van der Waals surface area (Å²) in [5, 5.41) is 6.38. The van der Waals surface area contributed by atoms with Crippen LogP contribution in [0.1, 0.15) is 36.7 Å². The number of benzene rings is 2. The molecule has 0 fully saturated rings. The lowest BCUT2D eigenvalue weighted by Crippen LogP contribution is -2.43. The molecule has 0 spiro atoms. The van der Waals surface area contributed by atoms with E-state index in [0.717, 1.165) is 11.3 Å². The van der Waals surface area contributed by atoms with E-state index in [2.05, 4.69) is 10.6 Å². The molecule has 0 aliphatic rings. The molecular formula is C20H24ClN3O2. The number of rotatable bonds is 5. The first kappa shape index (κ1) is 19.8. The third kappa shape index (κ3) is 4.76. The molecule has 2 aromatic carbocycles. The van der Waals surface area contributed by atoms with Gasteiger partial charge in [-0.2, -0.15) is 0 Å². The third-order valence-corrected chi connectivity index (χ3v) is 4.42. The number of carbonyl (C=O) groups excluding carboxylic acids is 2. The molecule has 0 atom stereocenters. The predicted molar refractivity (Wildman–Crippen MR) is 107 cm³/mol. The Kier molecular flexibility index (Phi) is 5.93. The smallest absolute Gasteiger partial charge is 0.319 e. The zero-order chi connectivity index (χ0) is 19.5. The van der Waals surface area contributed by atoms with Crippen LogP contribution in [-0.4, -0.2) is 25.9 Å². The molecule has 0 saturated heterocycles. The fourth-order valence-corrected chi connectivity index (χ4v) is 2.87. The minimum Gasteiger partial charge on any atom is -0.376 e. The Morgan fingerprint density at radius 3 is 2.38 bits per heavy atom. The Labute approximate surface area is 159 Å². The van der Waals surface area contributed by atoms with Crippen LogP contribution >= 0.6 is 11.6 Å². The minimum atomic E-state index is -0.646. The van der Waals surface area contributed by atoms with Crippen molar-refractivity contribution in [3.8, 4) is 0 Å². The van der Waals surface area contributed by atoms with E-state index < -0.39 is 5.54 Å². The molecule has 0 aliphatic carbocycles.